The van der Waals surface area contributed by atoms with E-state index < -0.39 is 0 Å². The van der Waals surface area contributed by atoms with Gasteiger partial charge in [0.1, 0.15) is 0 Å². The molecular weight excluding hydrogens is 653 g/mol. The lowest BCUT2D eigenvalue weighted by Crippen LogP contribution is -1.96. The third-order valence-corrected chi connectivity index (χ3v) is 9.96. The third kappa shape index (κ3) is 6.65. The summed E-state index contributed by atoms with van der Waals surface area (Å²) >= 11 is 0. The zero-order valence-corrected chi connectivity index (χ0v) is 29.7. The Morgan fingerprint density at radius 1 is 0.204 bits per heavy atom. The van der Waals surface area contributed by atoms with Gasteiger partial charge in [-0.05, 0) is 67.8 Å². The van der Waals surface area contributed by atoms with Crippen LogP contribution in [0.25, 0.3) is 89.5 Å². The Bertz CT molecular complexity index is 2680. The Kier molecular flexibility index (Phi) is 8.99. The van der Waals surface area contributed by atoms with Crippen molar-refractivity contribution in [2.24, 2.45) is 0 Å². The second-order valence-electron chi connectivity index (χ2n) is 13.4. The van der Waals surface area contributed by atoms with Crippen molar-refractivity contribution in [3.63, 3.8) is 0 Å². The highest BCUT2D eigenvalue weighted by molar-refractivity contribution is 5.96. The monoisotopic (exact) mass is 688 g/mol. The van der Waals surface area contributed by atoms with Gasteiger partial charge in [0, 0.05) is 16.7 Å². The molecule has 2 heteroatoms. The first kappa shape index (κ1) is 32.7. The Morgan fingerprint density at radius 2 is 0.556 bits per heavy atom. The number of hydrogen-bond donors (Lipinski definition) is 0. The normalized spacial score (nSPS) is 11.0. The second kappa shape index (κ2) is 14.8. The predicted octanol–water partition coefficient (Wildman–Crippen LogP) is 13.8. The predicted molar refractivity (Wildman–Crippen MR) is 226 cm³/mol. The van der Waals surface area contributed by atoms with Crippen LogP contribution in [0.15, 0.2) is 218 Å². The standard InChI is InChI=1S/C52H36N2/c1-4-17-37(18-5-1)38-31-33-40(34-32-38)50-36-51(54-52(53-50)41-21-8-3-9-22-41)43-24-16-23-42(35-43)45-26-11-13-28-47(45)49-30-15-14-29-48(49)46-27-12-10-25-44(46)39-19-6-2-7-20-39/h1-36H. The van der Waals surface area contributed by atoms with Crippen LogP contribution in [-0.2, 0) is 0 Å². The van der Waals surface area contributed by atoms with E-state index in [2.05, 4.69) is 194 Å². The Morgan fingerprint density at radius 3 is 1.11 bits per heavy atom. The van der Waals surface area contributed by atoms with E-state index in [1.54, 1.807) is 0 Å². The Hall–Kier alpha value is -7.16. The molecule has 0 fully saturated rings. The van der Waals surface area contributed by atoms with Crippen LogP contribution in [0.2, 0.25) is 0 Å². The first-order valence-electron chi connectivity index (χ1n) is 18.3. The lowest BCUT2D eigenvalue weighted by molar-refractivity contribution is 1.18. The van der Waals surface area contributed by atoms with Gasteiger partial charge in [0.05, 0.1) is 11.4 Å². The van der Waals surface area contributed by atoms with E-state index >= 15 is 0 Å². The molecule has 254 valence electrons. The van der Waals surface area contributed by atoms with Gasteiger partial charge in [0.15, 0.2) is 5.82 Å². The van der Waals surface area contributed by atoms with Crippen molar-refractivity contribution < 1.29 is 0 Å². The summed E-state index contributed by atoms with van der Waals surface area (Å²) in [5.74, 6) is 0.701. The fourth-order valence-corrected chi connectivity index (χ4v) is 7.28. The molecule has 0 radical (unpaired) electrons. The van der Waals surface area contributed by atoms with Crippen molar-refractivity contribution >= 4 is 0 Å². The summed E-state index contributed by atoms with van der Waals surface area (Å²) in [6.45, 7) is 0. The zero-order valence-electron chi connectivity index (χ0n) is 29.7. The lowest BCUT2D eigenvalue weighted by Gasteiger charge is -2.17. The molecule has 1 aromatic heterocycles. The summed E-state index contributed by atoms with van der Waals surface area (Å²) < 4.78 is 0. The molecule has 0 spiro atoms. The van der Waals surface area contributed by atoms with Crippen molar-refractivity contribution in [2.45, 2.75) is 0 Å². The van der Waals surface area contributed by atoms with Crippen LogP contribution >= 0.6 is 0 Å². The topological polar surface area (TPSA) is 25.8 Å². The van der Waals surface area contributed by atoms with Crippen LogP contribution in [-0.4, -0.2) is 9.97 Å². The summed E-state index contributed by atoms with van der Waals surface area (Å²) in [5, 5.41) is 0. The number of nitrogens with zero attached hydrogens (tertiary/aromatic N) is 2. The number of rotatable bonds is 8. The highest BCUT2D eigenvalue weighted by atomic mass is 14.9. The molecule has 0 N–H and O–H groups in total. The fraction of sp³-hybridized carbons (Fsp3) is 0. The first-order chi connectivity index (χ1) is 26.8. The molecule has 0 aliphatic carbocycles. The average Bonchev–Trinajstić information content (AvgIpc) is 3.27. The molecule has 0 aliphatic rings. The molecule has 0 unspecified atom stereocenters. The van der Waals surface area contributed by atoms with Crippen molar-refractivity contribution in [3.8, 4) is 89.5 Å². The van der Waals surface area contributed by atoms with Crippen molar-refractivity contribution in [2.75, 3.05) is 0 Å². The number of hydrogen-bond acceptors (Lipinski definition) is 2. The second-order valence-corrected chi connectivity index (χ2v) is 13.4. The van der Waals surface area contributed by atoms with E-state index in [1.807, 2.05) is 24.3 Å². The molecule has 2 nitrogen and oxygen atoms in total. The van der Waals surface area contributed by atoms with Crippen molar-refractivity contribution in [1.82, 2.24) is 9.97 Å². The average molecular weight is 689 g/mol. The molecule has 0 atom stereocenters. The van der Waals surface area contributed by atoms with Gasteiger partial charge in [-0.15, -0.1) is 0 Å². The summed E-state index contributed by atoms with van der Waals surface area (Å²) in [5.41, 5.74) is 16.7. The van der Waals surface area contributed by atoms with Crippen LogP contribution in [0.3, 0.4) is 0 Å². The highest BCUT2D eigenvalue weighted by Crippen LogP contribution is 2.42. The van der Waals surface area contributed by atoms with Gasteiger partial charge in [-0.2, -0.15) is 0 Å². The van der Waals surface area contributed by atoms with Gasteiger partial charge in [-0.25, -0.2) is 9.97 Å². The SMILES string of the molecule is c1ccc(-c2ccc(-c3cc(-c4cccc(-c5ccccc5-c5ccccc5-c5ccccc5-c5ccccc5)c4)nc(-c4ccccc4)n3)cc2)cc1. The largest absolute Gasteiger partial charge is 0.228 e. The van der Waals surface area contributed by atoms with Crippen molar-refractivity contribution in [1.29, 1.82) is 0 Å². The van der Waals surface area contributed by atoms with Gasteiger partial charge < -0.3 is 0 Å². The summed E-state index contributed by atoms with van der Waals surface area (Å²) in [7, 11) is 0. The van der Waals surface area contributed by atoms with Crippen LogP contribution in [0.1, 0.15) is 0 Å². The van der Waals surface area contributed by atoms with E-state index in [1.165, 1.54) is 44.5 Å². The molecule has 0 saturated heterocycles. The highest BCUT2D eigenvalue weighted by Gasteiger charge is 2.17. The number of benzene rings is 8. The van der Waals surface area contributed by atoms with Gasteiger partial charge >= 0.3 is 0 Å². The third-order valence-electron chi connectivity index (χ3n) is 9.96. The van der Waals surface area contributed by atoms with Crippen LogP contribution in [0, 0.1) is 0 Å². The molecule has 0 bridgehead atoms. The molecular formula is C52H36N2. The van der Waals surface area contributed by atoms with Gasteiger partial charge in [0.2, 0.25) is 0 Å². The molecule has 54 heavy (non-hydrogen) atoms. The van der Waals surface area contributed by atoms with E-state index in [4.69, 9.17) is 9.97 Å². The fourth-order valence-electron chi connectivity index (χ4n) is 7.28. The molecule has 1 heterocycles. The molecule has 9 aromatic rings. The lowest BCUT2D eigenvalue weighted by atomic mass is 9.86. The summed E-state index contributed by atoms with van der Waals surface area (Å²) in [6.07, 6.45) is 0. The first-order valence-corrected chi connectivity index (χ1v) is 18.3. The maximum Gasteiger partial charge on any atom is 0.160 e. The maximum absolute atomic E-state index is 5.16. The van der Waals surface area contributed by atoms with E-state index in [0.29, 0.717) is 5.82 Å². The summed E-state index contributed by atoms with van der Waals surface area (Å²) in [6, 6.07) is 77.0. The Labute approximate surface area is 316 Å². The smallest absolute Gasteiger partial charge is 0.160 e. The van der Waals surface area contributed by atoms with Crippen LogP contribution in [0.5, 0.6) is 0 Å². The number of aromatic nitrogens is 2. The Balaban J connectivity index is 1.14. The molecule has 0 amide bonds. The molecule has 8 aromatic carbocycles. The van der Waals surface area contributed by atoms with Crippen LogP contribution < -0.4 is 0 Å². The van der Waals surface area contributed by atoms with Gasteiger partial charge in [0.25, 0.3) is 0 Å². The quantitative estimate of drug-likeness (QED) is 0.159. The molecule has 0 saturated carbocycles. The molecule has 9 rings (SSSR count). The van der Waals surface area contributed by atoms with Gasteiger partial charge in [-0.3, -0.25) is 0 Å². The van der Waals surface area contributed by atoms with Crippen LogP contribution in [0.4, 0.5) is 0 Å². The zero-order chi connectivity index (χ0) is 36.1. The summed E-state index contributed by atoms with van der Waals surface area (Å²) in [4.78, 5) is 10.3. The molecule has 0 aliphatic heterocycles. The van der Waals surface area contributed by atoms with E-state index in [0.717, 1.165) is 39.2 Å². The minimum Gasteiger partial charge on any atom is -0.228 e. The minimum atomic E-state index is 0.701. The minimum absolute atomic E-state index is 0.701. The van der Waals surface area contributed by atoms with E-state index in [9.17, 15) is 0 Å². The van der Waals surface area contributed by atoms with Gasteiger partial charge in [-0.1, -0.05) is 206 Å². The van der Waals surface area contributed by atoms with Crippen molar-refractivity contribution in [3.05, 3.63) is 218 Å². The maximum atomic E-state index is 5.16. The van der Waals surface area contributed by atoms with E-state index in [-0.39, 0.29) is 0 Å².